The number of carbonyl (C=O) groups is 1. The minimum absolute atomic E-state index is 0.353. The molecule has 12 heavy (non-hydrogen) atoms. The van der Waals surface area contributed by atoms with Gasteiger partial charge in [0.05, 0.1) is 5.02 Å². The SMILES string of the molecule is CC(=O)Oc1ccc(Br)c(Cl)c1. The summed E-state index contributed by atoms with van der Waals surface area (Å²) >= 11 is 8.98. The lowest BCUT2D eigenvalue weighted by molar-refractivity contribution is -0.131. The number of hydrogen-bond acceptors (Lipinski definition) is 2. The van der Waals surface area contributed by atoms with Crippen LogP contribution in [0.15, 0.2) is 22.7 Å². The summed E-state index contributed by atoms with van der Waals surface area (Å²) in [5.41, 5.74) is 0. The molecule has 2 nitrogen and oxygen atoms in total. The maximum atomic E-state index is 10.5. The number of halogens is 2. The van der Waals surface area contributed by atoms with Gasteiger partial charge in [0, 0.05) is 17.5 Å². The summed E-state index contributed by atoms with van der Waals surface area (Å²) in [6, 6.07) is 4.96. The van der Waals surface area contributed by atoms with Crippen LogP contribution in [0.3, 0.4) is 0 Å². The second-order valence-corrected chi connectivity index (χ2v) is 3.43. The Morgan fingerprint density at radius 2 is 2.25 bits per heavy atom. The molecule has 0 atom stereocenters. The van der Waals surface area contributed by atoms with E-state index in [1.807, 2.05) is 0 Å². The highest BCUT2D eigenvalue weighted by Gasteiger charge is 2.01. The quantitative estimate of drug-likeness (QED) is 0.565. The number of hydrogen-bond donors (Lipinski definition) is 0. The van der Waals surface area contributed by atoms with Crippen LogP contribution < -0.4 is 4.74 Å². The van der Waals surface area contributed by atoms with Crippen molar-refractivity contribution in [3.8, 4) is 5.75 Å². The Balaban J connectivity index is 2.89. The number of esters is 1. The normalized spacial score (nSPS) is 9.58. The fourth-order valence-corrected chi connectivity index (χ4v) is 1.12. The van der Waals surface area contributed by atoms with Crippen LogP contribution in [-0.2, 0) is 4.79 Å². The molecular formula is C8H6BrClO2. The minimum atomic E-state index is -0.353. The van der Waals surface area contributed by atoms with Crippen molar-refractivity contribution in [3.05, 3.63) is 27.7 Å². The van der Waals surface area contributed by atoms with Crippen molar-refractivity contribution in [2.75, 3.05) is 0 Å². The number of benzene rings is 1. The van der Waals surface area contributed by atoms with E-state index in [0.29, 0.717) is 10.8 Å². The molecule has 0 heterocycles. The molecule has 0 spiro atoms. The van der Waals surface area contributed by atoms with E-state index >= 15 is 0 Å². The average Bonchev–Trinajstić information content (AvgIpc) is 1.96. The fourth-order valence-electron chi connectivity index (χ4n) is 0.706. The molecule has 1 aromatic rings. The third kappa shape index (κ3) is 2.50. The molecular weight excluding hydrogens is 243 g/mol. The molecule has 0 radical (unpaired) electrons. The molecule has 64 valence electrons. The molecule has 1 rings (SSSR count). The molecule has 0 aromatic heterocycles. The first-order valence-corrected chi connectivity index (χ1v) is 4.40. The van der Waals surface area contributed by atoms with Crippen LogP contribution in [-0.4, -0.2) is 5.97 Å². The predicted molar refractivity (Wildman–Crippen MR) is 50.5 cm³/mol. The minimum Gasteiger partial charge on any atom is -0.427 e. The summed E-state index contributed by atoms with van der Waals surface area (Å²) in [4.78, 5) is 10.5. The van der Waals surface area contributed by atoms with Crippen LogP contribution >= 0.6 is 27.5 Å². The van der Waals surface area contributed by atoms with Crippen molar-refractivity contribution in [3.63, 3.8) is 0 Å². The van der Waals surface area contributed by atoms with E-state index in [-0.39, 0.29) is 5.97 Å². The van der Waals surface area contributed by atoms with Gasteiger partial charge >= 0.3 is 5.97 Å². The highest BCUT2D eigenvalue weighted by atomic mass is 79.9. The lowest BCUT2D eigenvalue weighted by Gasteiger charge is -2.01. The molecule has 0 aliphatic heterocycles. The Morgan fingerprint density at radius 1 is 1.58 bits per heavy atom. The van der Waals surface area contributed by atoms with E-state index in [4.69, 9.17) is 16.3 Å². The smallest absolute Gasteiger partial charge is 0.308 e. The topological polar surface area (TPSA) is 26.3 Å². The highest BCUT2D eigenvalue weighted by Crippen LogP contribution is 2.26. The number of rotatable bonds is 1. The van der Waals surface area contributed by atoms with Crippen molar-refractivity contribution < 1.29 is 9.53 Å². The summed E-state index contributed by atoms with van der Waals surface area (Å²) < 4.78 is 5.58. The second-order valence-electron chi connectivity index (χ2n) is 2.17. The Kier molecular flexibility index (Phi) is 3.12. The zero-order valence-corrected chi connectivity index (χ0v) is 8.65. The molecule has 4 heteroatoms. The Labute approximate surface area is 83.6 Å². The van der Waals surface area contributed by atoms with Gasteiger partial charge < -0.3 is 4.74 Å². The molecule has 0 amide bonds. The van der Waals surface area contributed by atoms with E-state index in [1.165, 1.54) is 6.92 Å². The Hall–Kier alpha value is -0.540. The first kappa shape index (κ1) is 9.55. The molecule has 0 saturated heterocycles. The number of ether oxygens (including phenoxy) is 1. The predicted octanol–water partition coefficient (Wildman–Crippen LogP) is 3.03. The molecule has 0 fully saturated rings. The van der Waals surface area contributed by atoms with Gasteiger partial charge in [-0.2, -0.15) is 0 Å². The first-order valence-electron chi connectivity index (χ1n) is 3.23. The Morgan fingerprint density at radius 3 is 2.75 bits per heavy atom. The van der Waals surface area contributed by atoms with E-state index in [9.17, 15) is 4.79 Å². The summed E-state index contributed by atoms with van der Waals surface area (Å²) in [5, 5.41) is 0.522. The molecule has 0 unspecified atom stereocenters. The van der Waals surface area contributed by atoms with Gasteiger partial charge in [-0.05, 0) is 28.1 Å². The fraction of sp³-hybridized carbons (Fsp3) is 0.125. The standard InChI is InChI=1S/C8H6BrClO2/c1-5(11)12-6-2-3-7(9)8(10)4-6/h2-4H,1H3. The van der Waals surface area contributed by atoms with Crippen molar-refractivity contribution in [1.82, 2.24) is 0 Å². The van der Waals surface area contributed by atoms with E-state index in [1.54, 1.807) is 18.2 Å². The second kappa shape index (κ2) is 3.92. The first-order chi connectivity index (χ1) is 5.59. The molecule has 0 saturated carbocycles. The van der Waals surface area contributed by atoms with Crippen LogP contribution in [0.2, 0.25) is 5.02 Å². The largest absolute Gasteiger partial charge is 0.427 e. The molecule has 0 N–H and O–H groups in total. The monoisotopic (exact) mass is 248 g/mol. The van der Waals surface area contributed by atoms with Crippen molar-refractivity contribution >= 4 is 33.5 Å². The van der Waals surface area contributed by atoms with Crippen molar-refractivity contribution in [2.45, 2.75) is 6.92 Å². The summed E-state index contributed by atoms with van der Waals surface area (Å²) in [6.45, 7) is 1.34. The van der Waals surface area contributed by atoms with Crippen LogP contribution in [0.4, 0.5) is 0 Å². The summed E-state index contributed by atoms with van der Waals surface area (Å²) in [5.74, 6) is 0.101. The zero-order chi connectivity index (χ0) is 9.14. The summed E-state index contributed by atoms with van der Waals surface area (Å²) in [7, 11) is 0. The van der Waals surface area contributed by atoms with Gasteiger partial charge in [0.25, 0.3) is 0 Å². The lowest BCUT2D eigenvalue weighted by Crippen LogP contribution is -2.00. The Bertz CT molecular complexity index is 312. The maximum absolute atomic E-state index is 10.5. The molecule has 0 bridgehead atoms. The van der Waals surface area contributed by atoms with Gasteiger partial charge in [0.2, 0.25) is 0 Å². The maximum Gasteiger partial charge on any atom is 0.308 e. The third-order valence-corrected chi connectivity index (χ3v) is 2.39. The van der Waals surface area contributed by atoms with Crippen LogP contribution in [0.1, 0.15) is 6.92 Å². The lowest BCUT2D eigenvalue weighted by atomic mass is 10.3. The molecule has 1 aromatic carbocycles. The van der Waals surface area contributed by atoms with Gasteiger partial charge in [-0.15, -0.1) is 0 Å². The average molecular weight is 249 g/mol. The van der Waals surface area contributed by atoms with E-state index in [0.717, 1.165) is 4.47 Å². The third-order valence-electron chi connectivity index (χ3n) is 1.15. The van der Waals surface area contributed by atoms with Gasteiger partial charge in [-0.25, -0.2) is 0 Å². The van der Waals surface area contributed by atoms with Gasteiger partial charge in [-0.3, -0.25) is 4.79 Å². The van der Waals surface area contributed by atoms with Crippen LogP contribution in [0.25, 0.3) is 0 Å². The molecule has 0 aliphatic rings. The van der Waals surface area contributed by atoms with Crippen molar-refractivity contribution in [1.29, 1.82) is 0 Å². The van der Waals surface area contributed by atoms with Crippen LogP contribution in [0.5, 0.6) is 5.75 Å². The summed E-state index contributed by atoms with van der Waals surface area (Å²) in [6.07, 6.45) is 0. The van der Waals surface area contributed by atoms with Gasteiger partial charge in [0.1, 0.15) is 5.75 Å². The number of carbonyl (C=O) groups excluding carboxylic acids is 1. The highest BCUT2D eigenvalue weighted by molar-refractivity contribution is 9.10. The van der Waals surface area contributed by atoms with Gasteiger partial charge in [-0.1, -0.05) is 11.6 Å². The van der Waals surface area contributed by atoms with Gasteiger partial charge in [0.15, 0.2) is 0 Å². The van der Waals surface area contributed by atoms with Crippen LogP contribution in [0, 0.1) is 0 Å². The van der Waals surface area contributed by atoms with E-state index in [2.05, 4.69) is 15.9 Å². The van der Waals surface area contributed by atoms with E-state index < -0.39 is 0 Å². The van der Waals surface area contributed by atoms with Crippen molar-refractivity contribution in [2.24, 2.45) is 0 Å². The zero-order valence-electron chi connectivity index (χ0n) is 6.30. The molecule has 0 aliphatic carbocycles.